The molecule has 0 aliphatic heterocycles. The lowest BCUT2D eigenvalue weighted by molar-refractivity contribution is 0.0232. The van der Waals surface area contributed by atoms with E-state index in [-0.39, 0.29) is 0 Å². The highest BCUT2D eigenvalue weighted by Gasteiger charge is 2.38. The molecule has 1 atom stereocenters. The molecule has 1 aromatic carbocycles. The molecule has 0 aromatic heterocycles. The van der Waals surface area contributed by atoms with E-state index in [0.29, 0.717) is 45.6 Å². The highest BCUT2D eigenvalue weighted by atomic mass is 28.4. The van der Waals surface area contributed by atoms with E-state index in [1.54, 1.807) is 48.4 Å². The summed E-state index contributed by atoms with van der Waals surface area (Å²) in [7, 11) is 4.50. The summed E-state index contributed by atoms with van der Waals surface area (Å²) in [4.78, 5) is 0. The van der Waals surface area contributed by atoms with Crippen LogP contribution in [0.2, 0.25) is 6.04 Å². The van der Waals surface area contributed by atoms with Gasteiger partial charge < -0.3 is 40.8 Å². The Hall–Kier alpha value is -1.23. The Balaban J connectivity index is 0.000000702. The van der Waals surface area contributed by atoms with Crippen LogP contribution in [0.15, 0.2) is 55.3 Å². The molecule has 1 rings (SSSR count). The Kier molecular flexibility index (Phi) is 22.0. The van der Waals surface area contributed by atoms with Gasteiger partial charge in [-0.2, -0.15) is 0 Å². The normalized spacial score (nSPS) is 12.5. The second kappa shape index (κ2) is 22.7. The molecule has 0 aliphatic rings. The van der Waals surface area contributed by atoms with Crippen LogP contribution in [-0.4, -0.2) is 99.9 Å². The fourth-order valence-corrected chi connectivity index (χ4v) is 6.78. The Morgan fingerprint density at radius 2 is 1.16 bits per heavy atom. The van der Waals surface area contributed by atoms with Crippen LogP contribution in [0.4, 0.5) is 0 Å². The molecule has 37 heavy (non-hydrogen) atoms. The smallest absolute Gasteiger partial charge is 0.382 e. The predicted molar refractivity (Wildman–Crippen MR) is 150 cm³/mol. The molecular weight excluding hydrogens is 512 g/mol. The third-order valence-electron chi connectivity index (χ3n) is 5.47. The first-order valence-electron chi connectivity index (χ1n) is 12.3. The van der Waals surface area contributed by atoms with Gasteiger partial charge in [-0.25, -0.2) is 0 Å². The van der Waals surface area contributed by atoms with Gasteiger partial charge in [-0.15, -0.1) is 6.58 Å². The van der Waals surface area contributed by atoms with Crippen molar-refractivity contribution >= 4 is 17.6 Å². The predicted octanol–water partition coefficient (Wildman–Crippen LogP) is 4.25. The quantitative estimate of drug-likeness (QED) is 0.117. The molecule has 0 amide bonds. The standard InChI is InChI=1S/C15H24O3Si.C11H24O6Si/c1-5-14(15-10-7-6-8-11-15)12-9-13-19(16-2,17-3)18-4;1-5-18(15-9-6-12-2,16-10-7-13-3)17-11-8-14-4/h5-8,10-11,14H,1,9,12-13H2,2-4H3;5H,1,6-11H2,2-4H3. The minimum Gasteiger partial charge on any atom is -0.382 e. The molecule has 0 radical (unpaired) electrons. The van der Waals surface area contributed by atoms with Gasteiger partial charge in [0, 0.05) is 54.6 Å². The molecule has 9 nitrogen and oxygen atoms in total. The van der Waals surface area contributed by atoms with E-state index >= 15 is 0 Å². The Bertz CT molecular complexity index is 640. The van der Waals surface area contributed by atoms with Crippen LogP contribution in [0.5, 0.6) is 0 Å². The maximum Gasteiger partial charge on any atom is 0.529 e. The van der Waals surface area contributed by atoms with E-state index in [4.69, 9.17) is 40.8 Å². The summed E-state index contributed by atoms with van der Waals surface area (Å²) < 4.78 is 48.0. The van der Waals surface area contributed by atoms with Gasteiger partial charge in [0.05, 0.1) is 39.6 Å². The molecular formula is C26H48O9Si2. The van der Waals surface area contributed by atoms with Crippen molar-refractivity contribution in [2.24, 2.45) is 0 Å². The first kappa shape index (κ1) is 35.8. The molecule has 0 fully saturated rings. The van der Waals surface area contributed by atoms with Crippen LogP contribution in [0.25, 0.3) is 0 Å². The highest BCUT2D eigenvalue weighted by Crippen LogP contribution is 2.25. The molecule has 11 heteroatoms. The summed E-state index contributed by atoms with van der Waals surface area (Å²) in [5, 5.41) is 0. The van der Waals surface area contributed by atoms with Crippen molar-refractivity contribution in [3.05, 3.63) is 60.8 Å². The summed E-state index contributed by atoms with van der Waals surface area (Å²) in [6.45, 7) is 10.3. The summed E-state index contributed by atoms with van der Waals surface area (Å²) in [5.41, 5.74) is 2.91. The second-order valence-corrected chi connectivity index (χ2v) is 13.3. The van der Waals surface area contributed by atoms with E-state index in [9.17, 15) is 0 Å². The molecule has 0 bridgehead atoms. The van der Waals surface area contributed by atoms with E-state index in [1.807, 2.05) is 12.1 Å². The molecule has 0 spiro atoms. The lowest BCUT2D eigenvalue weighted by Crippen LogP contribution is -2.46. The zero-order valence-electron chi connectivity index (χ0n) is 23.6. The largest absolute Gasteiger partial charge is 0.529 e. The summed E-state index contributed by atoms with van der Waals surface area (Å²) >= 11 is 0. The summed E-state index contributed by atoms with van der Waals surface area (Å²) in [5.74, 6) is 0.374. The minimum absolute atomic E-state index is 0.374. The topological polar surface area (TPSA) is 83.1 Å². The van der Waals surface area contributed by atoms with Crippen LogP contribution in [0.1, 0.15) is 24.3 Å². The number of benzene rings is 1. The van der Waals surface area contributed by atoms with Crippen LogP contribution < -0.4 is 0 Å². The van der Waals surface area contributed by atoms with Gasteiger partial charge >= 0.3 is 17.6 Å². The molecule has 214 valence electrons. The molecule has 0 heterocycles. The van der Waals surface area contributed by atoms with Crippen molar-refractivity contribution in [3.63, 3.8) is 0 Å². The van der Waals surface area contributed by atoms with Gasteiger partial charge in [0.2, 0.25) is 0 Å². The van der Waals surface area contributed by atoms with Crippen molar-refractivity contribution in [2.45, 2.75) is 24.8 Å². The molecule has 0 saturated heterocycles. The van der Waals surface area contributed by atoms with E-state index in [1.165, 1.54) is 5.56 Å². The average Bonchev–Trinajstić information content (AvgIpc) is 2.94. The van der Waals surface area contributed by atoms with E-state index < -0.39 is 17.6 Å². The van der Waals surface area contributed by atoms with Crippen LogP contribution in [0, 0.1) is 0 Å². The second-order valence-electron chi connectivity index (χ2n) is 7.77. The Labute approximate surface area is 226 Å². The average molecular weight is 561 g/mol. The number of allylic oxidation sites excluding steroid dienone is 1. The third-order valence-corrected chi connectivity index (χ3v) is 10.6. The zero-order chi connectivity index (χ0) is 27.8. The van der Waals surface area contributed by atoms with Crippen molar-refractivity contribution in [1.29, 1.82) is 0 Å². The minimum atomic E-state index is -2.86. The van der Waals surface area contributed by atoms with Gasteiger partial charge in [0.15, 0.2) is 0 Å². The van der Waals surface area contributed by atoms with E-state index in [2.05, 4.69) is 37.4 Å². The first-order chi connectivity index (χ1) is 18.0. The monoisotopic (exact) mass is 560 g/mol. The van der Waals surface area contributed by atoms with Gasteiger partial charge in [-0.05, 0) is 24.1 Å². The zero-order valence-corrected chi connectivity index (χ0v) is 25.6. The van der Waals surface area contributed by atoms with Gasteiger partial charge in [0.25, 0.3) is 0 Å². The fraction of sp³-hybridized carbons (Fsp3) is 0.615. The van der Waals surface area contributed by atoms with Crippen molar-refractivity contribution in [1.82, 2.24) is 0 Å². The van der Waals surface area contributed by atoms with Crippen molar-refractivity contribution in [2.75, 3.05) is 82.3 Å². The molecule has 1 unspecified atom stereocenters. The molecule has 0 N–H and O–H groups in total. The summed E-state index contributed by atoms with van der Waals surface area (Å²) in [6.07, 6.45) is 4.02. The highest BCUT2D eigenvalue weighted by molar-refractivity contribution is 6.66. The van der Waals surface area contributed by atoms with Gasteiger partial charge in [-0.1, -0.05) is 43.0 Å². The van der Waals surface area contributed by atoms with Gasteiger partial charge in [-0.3, -0.25) is 0 Å². The van der Waals surface area contributed by atoms with Crippen molar-refractivity contribution in [3.8, 4) is 0 Å². The number of hydrogen-bond acceptors (Lipinski definition) is 9. The maximum atomic E-state index is 5.65. The number of ether oxygens (including phenoxy) is 3. The third kappa shape index (κ3) is 15.1. The van der Waals surface area contributed by atoms with Crippen LogP contribution >= 0.6 is 0 Å². The van der Waals surface area contributed by atoms with Crippen LogP contribution in [-0.2, 0) is 40.8 Å². The maximum absolute atomic E-state index is 5.65. The van der Waals surface area contributed by atoms with E-state index in [0.717, 1.165) is 18.9 Å². The Morgan fingerprint density at radius 3 is 1.51 bits per heavy atom. The number of rotatable bonds is 22. The molecule has 0 aliphatic carbocycles. The molecule has 0 saturated carbocycles. The van der Waals surface area contributed by atoms with Crippen molar-refractivity contribution < 1.29 is 40.8 Å². The SMILES string of the molecule is C=CC(CCC[Si](OC)(OC)OC)c1ccccc1.C=C[Si](OCCOC)(OCCOC)OCCOC. The lowest BCUT2D eigenvalue weighted by atomic mass is 9.95. The van der Waals surface area contributed by atoms with Gasteiger partial charge in [0.1, 0.15) is 0 Å². The first-order valence-corrected chi connectivity index (χ1v) is 16.0. The number of methoxy groups -OCH3 is 3. The summed E-state index contributed by atoms with van der Waals surface area (Å²) in [6, 6.07) is 11.3. The Morgan fingerprint density at radius 1 is 0.703 bits per heavy atom. The fourth-order valence-electron chi connectivity index (χ4n) is 3.32. The number of hydrogen-bond donors (Lipinski definition) is 0. The van der Waals surface area contributed by atoms with Crippen LogP contribution in [0.3, 0.4) is 0 Å². The molecule has 1 aromatic rings. The lowest BCUT2D eigenvalue weighted by Gasteiger charge is -2.26.